The Morgan fingerprint density at radius 2 is 2.03 bits per heavy atom. The lowest BCUT2D eigenvalue weighted by Crippen LogP contribution is -2.16. The Morgan fingerprint density at radius 3 is 2.79 bits per heavy atom. The van der Waals surface area contributed by atoms with Crippen LogP contribution in [0.4, 0.5) is 5.69 Å². The van der Waals surface area contributed by atoms with Gasteiger partial charge < -0.3 is 4.74 Å². The molecule has 3 aromatic carbocycles. The van der Waals surface area contributed by atoms with Crippen molar-refractivity contribution in [3.05, 3.63) is 103 Å². The molecule has 0 fully saturated rings. The fourth-order valence-corrected chi connectivity index (χ4v) is 4.55. The number of nitrogens with one attached hydrogen (secondary N) is 1. The number of nitro benzene ring substituents is 1. The Morgan fingerprint density at radius 1 is 1.21 bits per heavy atom. The molecule has 1 heterocycles. The van der Waals surface area contributed by atoms with Gasteiger partial charge in [0, 0.05) is 27.8 Å². The Labute approximate surface area is 206 Å². The number of hydrogen-bond acceptors (Lipinski definition) is 7. The molecular formula is C24H15BrN4O4S. The first-order valence-corrected chi connectivity index (χ1v) is 11.5. The van der Waals surface area contributed by atoms with Gasteiger partial charge in [0.15, 0.2) is 0 Å². The molecule has 0 bridgehead atoms. The molecular weight excluding hydrogens is 520 g/mol. The predicted molar refractivity (Wildman–Crippen MR) is 133 cm³/mol. The van der Waals surface area contributed by atoms with Gasteiger partial charge in [-0.1, -0.05) is 18.2 Å². The van der Waals surface area contributed by atoms with E-state index in [1.807, 2.05) is 12.1 Å². The highest BCUT2D eigenvalue weighted by atomic mass is 79.9. The molecule has 4 rings (SSSR count). The molecule has 1 aromatic heterocycles. The number of hydrazone groups is 1. The van der Waals surface area contributed by atoms with Crippen LogP contribution in [-0.2, 0) is 6.61 Å². The van der Waals surface area contributed by atoms with E-state index in [0.29, 0.717) is 26.0 Å². The van der Waals surface area contributed by atoms with E-state index in [0.717, 1.165) is 15.8 Å². The van der Waals surface area contributed by atoms with E-state index < -0.39 is 10.8 Å². The topological polar surface area (TPSA) is 118 Å². The van der Waals surface area contributed by atoms with Gasteiger partial charge in [0.2, 0.25) is 0 Å². The summed E-state index contributed by atoms with van der Waals surface area (Å²) in [6, 6.07) is 20.8. The van der Waals surface area contributed by atoms with Crippen LogP contribution in [0.2, 0.25) is 0 Å². The van der Waals surface area contributed by atoms with Crippen molar-refractivity contribution >= 4 is 55.2 Å². The van der Waals surface area contributed by atoms with E-state index >= 15 is 0 Å². The maximum Gasteiger partial charge on any atom is 0.281 e. The van der Waals surface area contributed by atoms with Gasteiger partial charge in [-0.25, -0.2) is 5.43 Å². The average Bonchev–Trinajstić information content (AvgIpc) is 3.27. The number of nitro groups is 1. The molecule has 10 heteroatoms. The summed E-state index contributed by atoms with van der Waals surface area (Å²) in [5.41, 5.74) is 4.53. The highest BCUT2D eigenvalue weighted by Gasteiger charge is 2.13. The zero-order valence-electron chi connectivity index (χ0n) is 17.4. The second-order valence-corrected chi connectivity index (χ2v) is 8.97. The molecule has 1 N–H and O–H groups in total. The molecule has 0 aliphatic rings. The normalized spacial score (nSPS) is 10.8. The van der Waals surface area contributed by atoms with Gasteiger partial charge in [-0.2, -0.15) is 10.4 Å². The van der Waals surface area contributed by atoms with Crippen molar-refractivity contribution in [1.82, 2.24) is 5.43 Å². The molecule has 0 spiro atoms. The molecule has 0 aliphatic carbocycles. The van der Waals surface area contributed by atoms with Crippen LogP contribution in [-0.4, -0.2) is 17.0 Å². The van der Waals surface area contributed by atoms with Gasteiger partial charge in [-0.05, 0) is 57.9 Å². The number of fused-ring (bicyclic) bond motifs is 1. The van der Waals surface area contributed by atoms with E-state index in [1.54, 1.807) is 42.5 Å². The van der Waals surface area contributed by atoms with Crippen LogP contribution in [0.15, 0.2) is 76.3 Å². The summed E-state index contributed by atoms with van der Waals surface area (Å²) in [5.74, 6) is 0.198. The van der Waals surface area contributed by atoms with Crippen LogP contribution in [0, 0.1) is 21.4 Å². The molecule has 0 saturated heterocycles. The van der Waals surface area contributed by atoms with Gasteiger partial charge in [-0.15, -0.1) is 11.3 Å². The zero-order chi connectivity index (χ0) is 24.1. The molecule has 4 aromatic rings. The molecule has 8 nitrogen and oxygen atoms in total. The number of nitriles is 1. The Bertz CT molecular complexity index is 1480. The first-order chi connectivity index (χ1) is 16.4. The molecule has 0 atom stereocenters. The number of ether oxygens (including phenoxy) is 1. The zero-order valence-corrected chi connectivity index (χ0v) is 19.8. The number of rotatable bonds is 7. The monoisotopic (exact) mass is 534 g/mol. The van der Waals surface area contributed by atoms with Crippen molar-refractivity contribution in [3.8, 4) is 11.8 Å². The number of nitrogens with zero attached hydrogens (tertiary/aromatic N) is 3. The molecule has 34 heavy (non-hydrogen) atoms. The standard InChI is InChI=1S/C24H15BrN4O4S/c25-20-9-15(5-7-21(20)33-14-17-4-2-1-3-16(17)12-26)13-27-28-24(30)23-11-18-10-19(29(31)32)6-8-22(18)34-23/h1-11,13H,14H2,(H,28,30)/b27-13-. The Hall–Kier alpha value is -4.07. The number of carbonyl (C=O) groups is 1. The third-order valence-electron chi connectivity index (χ3n) is 4.79. The summed E-state index contributed by atoms with van der Waals surface area (Å²) in [6.07, 6.45) is 1.50. The molecule has 1 amide bonds. The summed E-state index contributed by atoms with van der Waals surface area (Å²) in [4.78, 5) is 23.3. The second kappa shape index (κ2) is 10.2. The van der Waals surface area contributed by atoms with Crippen LogP contribution in [0.3, 0.4) is 0 Å². The molecule has 0 aliphatic heterocycles. The van der Waals surface area contributed by atoms with Gasteiger partial charge >= 0.3 is 0 Å². The molecule has 0 saturated carbocycles. The maximum atomic E-state index is 12.4. The largest absolute Gasteiger partial charge is 0.488 e. The van der Waals surface area contributed by atoms with Crippen LogP contribution in [0.1, 0.15) is 26.4 Å². The summed E-state index contributed by atoms with van der Waals surface area (Å²) in [6.45, 7) is 0.254. The van der Waals surface area contributed by atoms with E-state index in [1.165, 1.54) is 29.7 Å². The molecule has 168 valence electrons. The number of hydrogen-bond donors (Lipinski definition) is 1. The fourth-order valence-electron chi connectivity index (χ4n) is 3.10. The number of halogens is 1. The Kier molecular flexibility index (Phi) is 6.96. The third kappa shape index (κ3) is 5.28. The van der Waals surface area contributed by atoms with Gasteiger partial charge in [-0.3, -0.25) is 14.9 Å². The number of thiophene rings is 1. The highest BCUT2D eigenvalue weighted by molar-refractivity contribution is 9.10. The summed E-state index contributed by atoms with van der Waals surface area (Å²) in [5, 5.41) is 24.7. The highest BCUT2D eigenvalue weighted by Crippen LogP contribution is 2.29. The van der Waals surface area contributed by atoms with Crippen LogP contribution < -0.4 is 10.2 Å². The minimum atomic E-state index is -0.471. The van der Waals surface area contributed by atoms with Gasteiger partial charge in [0.1, 0.15) is 12.4 Å². The first kappa shape index (κ1) is 23.1. The lowest BCUT2D eigenvalue weighted by atomic mass is 10.1. The van der Waals surface area contributed by atoms with E-state index in [4.69, 9.17) is 4.74 Å². The fraction of sp³-hybridized carbons (Fsp3) is 0.0417. The Balaban J connectivity index is 1.38. The number of benzene rings is 3. The van der Waals surface area contributed by atoms with E-state index in [9.17, 15) is 20.2 Å². The quantitative estimate of drug-likeness (QED) is 0.183. The summed E-state index contributed by atoms with van der Waals surface area (Å²) in [7, 11) is 0. The summed E-state index contributed by atoms with van der Waals surface area (Å²) >= 11 is 4.69. The third-order valence-corrected chi connectivity index (χ3v) is 6.53. The lowest BCUT2D eigenvalue weighted by Gasteiger charge is -2.09. The minimum absolute atomic E-state index is 0.0254. The van der Waals surface area contributed by atoms with Gasteiger partial charge in [0.25, 0.3) is 11.6 Å². The number of amides is 1. The molecule has 0 unspecified atom stereocenters. The minimum Gasteiger partial charge on any atom is -0.488 e. The SMILES string of the molecule is N#Cc1ccccc1COc1ccc(/C=N\NC(=O)c2cc3cc([N+](=O)[O-])ccc3s2)cc1Br. The maximum absolute atomic E-state index is 12.4. The van der Waals surface area contributed by atoms with Crippen molar-refractivity contribution in [3.63, 3.8) is 0 Å². The molecule has 0 radical (unpaired) electrons. The number of non-ortho nitro benzene ring substituents is 1. The van der Waals surface area contributed by atoms with Crippen molar-refractivity contribution < 1.29 is 14.5 Å². The second-order valence-electron chi connectivity index (χ2n) is 7.04. The van der Waals surface area contributed by atoms with Crippen molar-refractivity contribution in [2.45, 2.75) is 6.61 Å². The van der Waals surface area contributed by atoms with Crippen molar-refractivity contribution in [1.29, 1.82) is 5.26 Å². The van der Waals surface area contributed by atoms with Crippen molar-refractivity contribution in [2.75, 3.05) is 0 Å². The van der Waals surface area contributed by atoms with Crippen LogP contribution >= 0.6 is 27.3 Å². The van der Waals surface area contributed by atoms with Crippen LogP contribution in [0.5, 0.6) is 5.75 Å². The smallest absolute Gasteiger partial charge is 0.281 e. The van der Waals surface area contributed by atoms with E-state index in [2.05, 4.69) is 32.5 Å². The van der Waals surface area contributed by atoms with Gasteiger partial charge in [0.05, 0.1) is 32.1 Å². The van der Waals surface area contributed by atoms with Crippen LogP contribution in [0.25, 0.3) is 10.1 Å². The van der Waals surface area contributed by atoms with E-state index in [-0.39, 0.29) is 12.3 Å². The number of carbonyl (C=O) groups excluding carboxylic acids is 1. The average molecular weight is 535 g/mol. The first-order valence-electron chi connectivity index (χ1n) is 9.86. The van der Waals surface area contributed by atoms with Crippen molar-refractivity contribution in [2.24, 2.45) is 5.10 Å². The predicted octanol–water partition coefficient (Wildman–Crippen LogP) is 5.79. The lowest BCUT2D eigenvalue weighted by molar-refractivity contribution is -0.384. The summed E-state index contributed by atoms with van der Waals surface area (Å²) < 4.78 is 7.29.